The van der Waals surface area contributed by atoms with E-state index in [1.807, 2.05) is 0 Å². The van der Waals surface area contributed by atoms with Gasteiger partial charge in [-0.15, -0.1) is 0 Å². The van der Waals surface area contributed by atoms with Crippen LogP contribution in [-0.4, -0.2) is 51.2 Å². The van der Waals surface area contributed by atoms with Crippen molar-refractivity contribution in [3.8, 4) is 11.5 Å². The lowest BCUT2D eigenvalue weighted by Crippen LogP contribution is -3.24. The molecule has 160 valence electrons. The monoisotopic (exact) mass is 409 g/mol. The summed E-state index contributed by atoms with van der Waals surface area (Å²) in [5, 5.41) is 2.44. The van der Waals surface area contributed by atoms with E-state index >= 15 is 0 Å². The highest BCUT2D eigenvalue weighted by Crippen LogP contribution is 2.48. The fraction of sp³-hybridized carbons (Fsp3) is 0.600. The Balaban J connectivity index is 1.47. The summed E-state index contributed by atoms with van der Waals surface area (Å²) in [7, 11) is 0. The Kier molecular flexibility index (Phi) is 4.76. The van der Waals surface area contributed by atoms with Crippen LogP contribution in [0.1, 0.15) is 44.9 Å². The molecule has 3 heterocycles. The van der Waals surface area contributed by atoms with E-state index in [9.17, 15) is 0 Å². The minimum Gasteiger partial charge on any atom is -0.475 e. The molecule has 0 amide bonds. The number of anilines is 1. The molecule has 4 aliphatic rings. The fourth-order valence-electron chi connectivity index (χ4n) is 6.17. The molecule has 0 bridgehead atoms. The first kappa shape index (κ1) is 18.8. The highest BCUT2D eigenvalue weighted by atomic mass is 16.6. The number of nitrogens with one attached hydrogen (secondary N) is 1. The third-order valence-corrected chi connectivity index (χ3v) is 7.68. The number of fused-ring (bicyclic) bond motifs is 4. The van der Waals surface area contributed by atoms with Crippen molar-refractivity contribution in [3.05, 3.63) is 30.3 Å². The van der Waals surface area contributed by atoms with Crippen molar-refractivity contribution in [2.75, 3.05) is 44.3 Å². The van der Waals surface area contributed by atoms with Crippen molar-refractivity contribution in [2.45, 2.75) is 56.8 Å². The van der Waals surface area contributed by atoms with Crippen molar-refractivity contribution >= 4 is 16.5 Å². The third kappa shape index (κ3) is 2.97. The Hall–Kier alpha value is -1.98. The normalized spacial score (nSPS) is 29.6. The summed E-state index contributed by atoms with van der Waals surface area (Å²) >= 11 is 0. The SMILES string of the molecule is c1ccc2c3c(cc(N4CCOCC4)c2c1)O[C@]1([NH+]2CCCCC2)CCCC[C@@H]1O3. The van der Waals surface area contributed by atoms with Crippen molar-refractivity contribution in [2.24, 2.45) is 0 Å². The van der Waals surface area contributed by atoms with Gasteiger partial charge in [0.05, 0.1) is 26.3 Å². The predicted molar refractivity (Wildman–Crippen MR) is 118 cm³/mol. The number of nitrogens with zero attached hydrogens (tertiary/aromatic N) is 1. The van der Waals surface area contributed by atoms with Gasteiger partial charge < -0.3 is 19.1 Å². The van der Waals surface area contributed by atoms with Crippen LogP contribution in [0.3, 0.4) is 0 Å². The molecule has 3 fully saturated rings. The number of piperidine rings is 1. The maximum atomic E-state index is 7.08. The number of ether oxygens (including phenoxy) is 3. The van der Waals surface area contributed by atoms with Gasteiger partial charge in [-0.2, -0.15) is 0 Å². The van der Waals surface area contributed by atoms with Crippen LogP contribution >= 0.6 is 0 Å². The highest BCUT2D eigenvalue weighted by Gasteiger charge is 2.56. The molecule has 0 aromatic heterocycles. The quantitative estimate of drug-likeness (QED) is 0.827. The second-order valence-electron chi connectivity index (χ2n) is 9.38. The lowest BCUT2D eigenvalue weighted by molar-refractivity contribution is -0.984. The summed E-state index contributed by atoms with van der Waals surface area (Å²) in [4.78, 5) is 4.06. The number of likely N-dealkylation sites (tertiary alicyclic amines) is 1. The number of hydrogen-bond donors (Lipinski definition) is 1. The Bertz CT molecular complexity index is 920. The zero-order valence-corrected chi connectivity index (χ0v) is 17.8. The van der Waals surface area contributed by atoms with Crippen LogP contribution in [0.5, 0.6) is 11.5 Å². The molecule has 0 radical (unpaired) electrons. The zero-order valence-electron chi connectivity index (χ0n) is 17.8. The van der Waals surface area contributed by atoms with Gasteiger partial charge in [0, 0.05) is 42.0 Å². The van der Waals surface area contributed by atoms with E-state index in [0.717, 1.165) is 50.6 Å². The van der Waals surface area contributed by atoms with Crippen molar-refractivity contribution in [1.82, 2.24) is 0 Å². The van der Waals surface area contributed by atoms with Gasteiger partial charge >= 0.3 is 0 Å². The first-order chi connectivity index (χ1) is 14.9. The molecule has 0 spiro atoms. The van der Waals surface area contributed by atoms with Crippen LogP contribution in [-0.2, 0) is 4.74 Å². The smallest absolute Gasteiger partial charge is 0.278 e. The lowest BCUT2D eigenvalue weighted by atomic mass is 9.85. The van der Waals surface area contributed by atoms with Gasteiger partial charge in [0.2, 0.25) is 0 Å². The van der Waals surface area contributed by atoms with E-state index in [0.29, 0.717) is 0 Å². The summed E-state index contributed by atoms with van der Waals surface area (Å²) in [6.45, 7) is 5.83. The molecule has 1 aliphatic carbocycles. The van der Waals surface area contributed by atoms with Crippen molar-refractivity contribution in [1.29, 1.82) is 0 Å². The molecule has 5 nitrogen and oxygen atoms in total. The van der Waals surface area contributed by atoms with Crippen LogP contribution in [0.4, 0.5) is 5.69 Å². The van der Waals surface area contributed by atoms with E-state index in [1.165, 1.54) is 61.7 Å². The molecule has 2 aromatic rings. The first-order valence-electron chi connectivity index (χ1n) is 11.9. The van der Waals surface area contributed by atoms with Crippen LogP contribution in [0.25, 0.3) is 10.8 Å². The minimum absolute atomic E-state index is 0.157. The highest BCUT2D eigenvalue weighted by molar-refractivity contribution is 6.00. The first-order valence-corrected chi connectivity index (χ1v) is 11.9. The second-order valence-corrected chi connectivity index (χ2v) is 9.38. The predicted octanol–water partition coefficient (Wildman–Crippen LogP) is 3.16. The van der Waals surface area contributed by atoms with Gasteiger partial charge in [0.1, 0.15) is 0 Å². The molecule has 5 heteroatoms. The number of benzene rings is 2. The molecule has 3 aliphatic heterocycles. The van der Waals surface area contributed by atoms with E-state index in [-0.39, 0.29) is 11.8 Å². The molecule has 2 atom stereocenters. The average Bonchev–Trinajstić information content (AvgIpc) is 2.83. The fourth-order valence-corrected chi connectivity index (χ4v) is 6.17. The molecule has 2 aromatic carbocycles. The molecule has 1 saturated carbocycles. The van der Waals surface area contributed by atoms with Gasteiger partial charge in [-0.1, -0.05) is 24.3 Å². The summed E-state index contributed by atoms with van der Waals surface area (Å²) in [6.07, 6.45) is 8.80. The van der Waals surface area contributed by atoms with Crippen LogP contribution in [0.15, 0.2) is 30.3 Å². The standard InChI is InChI=1S/C25H32N2O3/c1-6-12-27(13-7-1)25-11-5-4-10-23(25)29-24-20-9-3-2-8-19(20)21(18-22(24)30-25)26-14-16-28-17-15-26/h2-3,8-9,18,23H,1,4-7,10-17H2/p+1/t23-,25+/m0/s1. The minimum atomic E-state index is -0.212. The molecule has 1 N–H and O–H groups in total. The molecule has 30 heavy (non-hydrogen) atoms. The second kappa shape index (κ2) is 7.61. The van der Waals surface area contributed by atoms with Crippen molar-refractivity contribution in [3.63, 3.8) is 0 Å². The van der Waals surface area contributed by atoms with Crippen molar-refractivity contribution < 1.29 is 19.1 Å². The summed E-state index contributed by atoms with van der Waals surface area (Å²) < 4.78 is 19.6. The summed E-state index contributed by atoms with van der Waals surface area (Å²) in [6, 6.07) is 10.9. The van der Waals surface area contributed by atoms with Gasteiger partial charge in [-0.05, 0) is 38.5 Å². The summed E-state index contributed by atoms with van der Waals surface area (Å²) in [5.74, 6) is 1.91. The van der Waals surface area contributed by atoms with Crippen LogP contribution in [0, 0.1) is 0 Å². The van der Waals surface area contributed by atoms with Gasteiger partial charge in [0.25, 0.3) is 5.72 Å². The maximum absolute atomic E-state index is 7.08. The van der Waals surface area contributed by atoms with Gasteiger partial charge in [0.15, 0.2) is 17.6 Å². The van der Waals surface area contributed by atoms with E-state index < -0.39 is 0 Å². The molecule has 6 rings (SSSR count). The summed E-state index contributed by atoms with van der Waals surface area (Å²) in [5.41, 5.74) is 1.05. The molecular formula is C25H33N2O3+. The third-order valence-electron chi connectivity index (χ3n) is 7.68. The van der Waals surface area contributed by atoms with E-state index in [1.54, 1.807) is 4.90 Å². The Morgan fingerprint density at radius 3 is 2.57 bits per heavy atom. The number of morpholine rings is 1. The Morgan fingerprint density at radius 2 is 1.73 bits per heavy atom. The largest absolute Gasteiger partial charge is 0.475 e. The van der Waals surface area contributed by atoms with Gasteiger partial charge in [-0.25, -0.2) is 0 Å². The van der Waals surface area contributed by atoms with Gasteiger partial charge in [-0.3, -0.25) is 4.90 Å². The van der Waals surface area contributed by atoms with E-state index in [4.69, 9.17) is 14.2 Å². The number of hydrogen-bond acceptors (Lipinski definition) is 4. The lowest BCUT2D eigenvalue weighted by Gasteiger charge is -2.50. The Labute approximate surface area is 178 Å². The number of rotatable bonds is 2. The average molecular weight is 410 g/mol. The molecule has 0 unspecified atom stereocenters. The van der Waals surface area contributed by atoms with Crippen LogP contribution < -0.4 is 19.3 Å². The van der Waals surface area contributed by atoms with Crippen LogP contribution in [0.2, 0.25) is 0 Å². The zero-order chi connectivity index (χ0) is 20.0. The number of quaternary nitrogens is 1. The van der Waals surface area contributed by atoms with E-state index in [2.05, 4.69) is 35.2 Å². The topological polar surface area (TPSA) is 35.4 Å². The molecule has 2 saturated heterocycles. The Morgan fingerprint density at radius 1 is 0.933 bits per heavy atom. The molecular weight excluding hydrogens is 376 g/mol. The maximum Gasteiger partial charge on any atom is 0.278 e.